The molecule has 48 heavy (non-hydrogen) atoms. The van der Waals surface area contributed by atoms with E-state index in [-0.39, 0.29) is 0 Å². The van der Waals surface area contributed by atoms with Crippen LogP contribution in [0.15, 0.2) is 162 Å². The summed E-state index contributed by atoms with van der Waals surface area (Å²) in [4.78, 5) is 7.39. The highest BCUT2D eigenvalue weighted by Crippen LogP contribution is 2.47. The van der Waals surface area contributed by atoms with Crippen molar-refractivity contribution in [3.8, 4) is 22.6 Å². The molecule has 0 aliphatic carbocycles. The van der Waals surface area contributed by atoms with E-state index in [2.05, 4.69) is 132 Å². The third kappa shape index (κ3) is 4.29. The molecule has 0 unspecified atom stereocenters. The first-order valence-electron chi connectivity index (χ1n) is 16.0. The standard InChI is InChI=1S/C43H26N2OS2/c1-3-12-28(13-4-1)43-44-35-26-34(42-39(40(35)46-43)33-17-8-10-21-38(33)48-42)27-22-24-30(25-23-27)45(29-14-5-2-6-15-29)36-19-11-18-32-31-16-7-9-20-37(31)47-41(32)36/h1-26H. The summed E-state index contributed by atoms with van der Waals surface area (Å²) in [5.41, 5.74) is 8.40. The Morgan fingerprint density at radius 1 is 0.500 bits per heavy atom. The number of para-hydroxylation sites is 1. The Morgan fingerprint density at radius 2 is 1.12 bits per heavy atom. The van der Waals surface area contributed by atoms with Crippen molar-refractivity contribution in [2.24, 2.45) is 0 Å². The maximum Gasteiger partial charge on any atom is 0.227 e. The van der Waals surface area contributed by atoms with Crippen LogP contribution >= 0.6 is 22.7 Å². The van der Waals surface area contributed by atoms with Gasteiger partial charge in [-0.3, -0.25) is 0 Å². The van der Waals surface area contributed by atoms with Crippen LogP contribution in [0.4, 0.5) is 17.1 Å². The predicted molar refractivity (Wildman–Crippen MR) is 205 cm³/mol. The number of hydrogen-bond acceptors (Lipinski definition) is 5. The molecule has 10 aromatic rings. The molecule has 0 saturated carbocycles. The first-order chi connectivity index (χ1) is 23.8. The second-order valence-electron chi connectivity index (χ2n) is 11.9. The molecule has 0 aliphatic heterocycles. The van der Waals surface area contributed by atoms with Gasteiger partial charge in [0.15, 0.2) is 5.58 Å². The summed E-state index contributed by atoms with van der Waals surface area (Å²) in [6.07, 6.45) is 0. The van der Waals surface area contributed by atoms with Crippen LogP contribution in [0.3, 0.4) is 0 Å². The molecule has 0 N–H and O–H groups in total. The number of nitrogens with zero attached hydrogens (tertiary/aromatic N) is 2. The molecular formula is C43H26N2OS2. The lowest BCUT2D eigenvalue weighted by molar-refractivity contribution is 0.623. The molecule has 0 amide bonds. The zero-order chi connectivity index (χ0) is 31.6. The molecule has 3 heterocycles. The van der Waals surface area contributed by atoms with E-state index in [4.69, 9.17) is 9.40 Å². The Bertz CT molecular complexity index is 2780. The van der Waals surface area contributed by atoms with E-state index >= 15 is 0 Å². The van der Waals surface area contributed by atoms with Crippen molar-refractivity contribution in [3.63, 3.8) is 0 Å². The van der Waals surface area contributed by atoms with E-state index in [0.717, 1.165) is 44.6 Å². The number of oxazole rings is 1. The van der Waals surface area contributed by atoms with Crippen LogP contribution in [0.25, 0.3) is 74.0 Å². The van der Waals surface area contributed by atoms with Gasteiger partial charge in [-0.1, -0.05) is 97.1 Å². The molecule has 5 heteroatoms. The van der Waals surface area contributed by atoms with Crippen LogP contribution in [-0.4, -0.2) is 4.98 Å². The Kier molecular flexibility index (Phi) is 6.22. The number of hydrogen-bond donors (Lipinski definition) is 0. The number of fused-ring (bicyclic) bond motifs is 8. The number of benzene rings is 7. The fourth-order valence-electron chi connectivity index (χ4n) is 6.89. The normalized spacial score (nSPS) is 11.8. The van der Waals surface area contributed by atoms with E-state index in [9.17, 15) is 0 Å². The van der Waals surface area contributed by atoms with Crippen molar-refractivity contribution in [3.05, 3.63) is 158 Å². The van der Waals surface area contributed by atoms with Crippen molar-refractivity contribution < 1.29 is 4.42 Å². The van der Waals surface area contributed by atoms with Crippen LogP contribution in [-0.2, 0) is 0 Å². The minimum absolute atomic E-state index is 0.642. The van der Waals surface area contributed by atoms with Gasteiger partial charge in [0, 0.05) is 58.1 Å². The average Bonchev–Trinajstić information content (AvgIpc) is 3.86. The van der Waals surface area contributed by atoms with Crippen molar-refractivity contribution in [2.75, 3.05) is 4.90 Å². The maximum atomic E-state index is 6.52. The Balaban J connectivity index is 1.16. The number of anilines is 3. The molecule has 3 aromatic heterocycles. The van der Waals surface area contributed by atoms with Gasteiger partial charge in [0.1, 0.15) is 5.52 Å². The van der Waals surface area contributed by atoms with E-state index < -0.39 is 0 Å². The van der Waals surface area contributed by atoms with Gasteiger partial charge in [-0.25, -0.2) is 4.98 Å². The molecule has 10 rings (SSSR count). The Morgan fingerprint density at radius 3 is 1.92 bits per heavy atom. The van der Waals surface area contributed by atoms with E-state index in [1.165, 1.54) is 40.6 Å². The maximum absolute atomic E-state index is 6.52. The number of aromatic nitrogens is 1. The zero-order valence-electron chi connectivity index (χ0n) is 25.6. The molecule has 7 aromatic carbocycles. The number of rotatable bonds is 5. The minimum atomic E-state index is 0.642. The molecule has 0 fully saturated rings. The van der Waals surface area contributed by atoms with Gasteiger partial charge in [-0.2, -0.15) is 0 Å². The predicted octanol–water partition coefficient (Wildman–Crippen LogP) is 13.4. The Labute approximate surface area is 284 Å². The second kappa shape index (κ2) is 10.9. The zero-order valence-corrected chi connectivity index (χ0v) is 27.3. The lowest BCUT2D eigenvalue weighted by Crippen LogP contribution is -2.09. The van der Waals surface area contributed by atoms with Crippen LogP contribution in [0.2, 0.25) is 0 Å². The first-order valence-corrected chi connectivity index (χ1v) is 17.6. The molecule has 0 radical (unpaired) electrons. The third-order valence-electron chi connectivity index (χ3n) is 9.10. The van der Waals surface area contributed by atoms with Gasteiger partial charge in [0.25, 0.3) is 0 Å². The third-order valence-corrected chi connectivity index (χ3v) is 11.5. The summed E-state index contributed by atoms with van der Waals surface area (Å²) < 4.78 is 11.6. The molecule has 3 nitrogen and oxygen atoms in total. The topological polar surface area (TPSA) is 29.3 Å². The van der Waals surface area contributed by atoms with Crippen molar-refractivity contribution >= 4 is 91.2 Å². The first kappa shape index (κ1) is 27.4. The lowest BCUT2D eigenvalue weighted by atomic mass is 10.0. The molecule has 226 valence electrons. The Hall–Kier alpha value is -5.75. The van der Waals surface area contributed by atoms with Crippen LogP contribution in [0.5, 0.6) is 0 Å². The molecule has 0 saturated heterocycles. The van der Waals surface area contributed by atoms with Gasteiger partial charge in [-0.05, 0) is 66.2 Å². The summed E-state index contributed by atoms with van der Waals surface area (Å²) >= 11 is 3.67. The fraction of sp³-hybridized carbons (Fsp3) is 0. The van der Waals surface area contributed by atoms with Crippen LogP contribution < -0.4 is 4.90 Å². The SMILES string of the molecule is c1ccc(-c2nc3cc(-c4ccc(N(c5ccccc5)c5cccc6c5sc5ccccc56)cc4)c4sc5ccccc5c4c3o2)cc1. The highest BCUT2D eigenvalue weighted by Gasteiger charge is 2.21. The van der Waals surface area contributed by atoms with Crippen LogP contribution in [0, 0.1) is 0 Å². The monoisotopic (exact) mass is 650 g/mol. The van der Waals surface area contributed by atoms with E-state index in [1.807, 2.05) is 53.0 Å². The molecule has 0 bridgehead atoms. The molecule has 0 aliphatic rings. The van der Waals surface area contributed by atoms with Crippen molar-refractivity contribution in [1.82, 2.24) is 4.98 Å². The van der Waals surface area contributed by atoms with Gasteiger partial charge in [0.2, 0.25) is 5.89 Å². The summed E-state index contributed by atoms with van der Waals surface area (Å²) in [6, 6.07) is 55.9. The minimum Gasteiger partial charge on any atom is -0.435 e. The van der Waals surface area contributed by atoms with Gasteiger partial charge in [-0.15, -0.1) is 22.7 Å². The highest BCUT2D eigenvalue weighted by molar-refractivity contribution is 7.27. The van der Waals surface area contributed by atoms with Gasteiger partial charge >= 0.3 is 0 Å². The second-order valence-corrected chi connectivity index (χ2v) is 14.0. The smallest absolute Gasteiger partial charge is 0.227 e. The number of thiophene rings is 2. The molecule has 0 spiro atoms. The molecular weight excluding hydrogens is 625 g/mol. The van der Waals surface area contributed by atoms with E-state index in [1.54, 1.807) is 0 Å². The van der Waals surface area contributed by atoms with Crippen molar-refractivity contribution in [2.45, 2.75) is 0 Å². The van der Waals surface area contributed by atoms with Crippen LogP contribution in [0.1, 0.15) is 0 Å². The van der Waals surface area contributed by atoms with Gasteiger partial charge in [0.05, 0.1) is 10.4 Å². The average molecular weight is 651 g/mol. The van der Waals surface area contributed by atoms with Gasteiger partial charge < -0.3 is 9.32 Å². The lowest BCUT2D eigenvalue weighted by Gasteiger charge is -2.26. The quantitative estimate of drug-likeness (QED) is 0.186. The summed E-state index contributed by atoms with van der Waals surface area (Å²) in [7, 11) is 0. The fourth-order valence-corrected chi connectivity index (χ4v) is 9.34. The molecule has 0 atom stereocenters. The van der Waals surface area contributed by atoms with E-state index in [0.29, 0.717) is 5.89 Å². The summed E-state index contributed by atoms with van der Waals surface area (Å²) in [5.74, 6) is 0.642. The summed E-state index contributed by atoms with van der Waals surface area (Å²) in [6.45, 7) is 0. The summed E-state index contributed by atoms with van der Waals surface area (Å²) in [5, 5.41) is 4.91. The van der Waals surface area contributed by atoms with Crippen molar-refractivity contribution in [1.29, 1.82) is 0 Å². The highest BCUT2D eigenvalue weighted by atomic mass is 32.1. The largest absolute Gasteiger partial charge is 0.435 e.